The molecule has 7 heteroatoms. The molecule has 21 heavy (non-hydrogen) atoms. The fraction of sp³-hybridized carbons (Fsp3) is 0.214. The van der Waals surface area contributed by atoms with Gasteiger partial charge in [-0.15, -0.1) is 0 Å². The minimum Gasteiger partial charge on any atom is -0.369 e. The van der Waals surface area contributed by atoms with Crippen LogP contribution in [0, 0.1) is 0 Å². The first kappa shape index (κ1) is 14.8. The van der Waals surface area contributed by atoms with Gasteiger partial charge in [0.1, 0.15) is 5.69 Å². The van der Waals surface area contributed by atoms with Crippen molar-refractivity contribution < 1.29 is 13.6 Å². The number of nitrogens with one attached hydrogen (secondary N) is 1. The molecule has 0 aliphatic heterocycles. The van der Waals surface area contributed by atoms with Crippen LogP contribution in [0.1, 0.15) is 18.2 Å². The highest BCUT2D eigenvalue weighted by Crippen LogP contribution is 2.25. The molecule has 0 aliphatic rings. The van der Waals surface area contributed by atoms with E-state index < -0.39 is 11.8 Å². The monoisotopic (exact) mass is 292 g/mol. The summed E-state index contributed by atoms with van der Waals surface area (Å²) in [6.07, 6.45) is 1.41. The molecule has 0 unspecified atom stereocenters. The summed E-state index contributed by atoms with van der Waals surface area (Å²) < 4.78 is 26.4. The van der Waals surface area contributed by atoms with E-state index in [2.05, 4.69) is 15.3 Å². The van der Waals surface area contributed by atoms with Crippen LogP contribution in [-0.4, -0.2) is 15.9 Å². The van der Waals surface area contributed by atoms with Crippen molar-refractivity contribution in [1.82, 2.24) is 9.97 Å². The topological polar surface area (TPSA) is 80.9 Å². The Morgan fingerprint density at radius 2 is 1.95 bits per heavy atom. The van der Waals surface area contributed by atoms with Crippen molar-refractivity contribution >= 4 is 17.5 Å². The summed E-state index contributed by atoms with van der Waals surface area (Å²) in [5, 5.41) is 2.83. The maximum Gasteiger partial charge on any atom is 0.287 e. The fourth-order valence-electron chi connectivity index (χ4n) is 1.70. The predicted octanol–water partition coefficient (Wildman–Crippen LogP) is 2.36. The van der Waals surface area contributed by atoms with Crippen LogP contribution in [0.3, 0.4) is 0 Å². The Bertz CT molecular complexity index is 638. The minimum atomic E-state index is -3.02. The largest absolute Gasteiger partial charge is 0.369 e. The summed E-state index contributed by atoms with van der Waals surface area (Å²) in [5.41, 5.74) is 6.13. The maximum atomic E-state index is 13.2. The summed E-state index contributed by atoms with van der Waals surface area (Å²) in [7, 11) is 0. The van der Waals surface area contributed by atoms with Crippen molar-refractivity contribution in [3.8, 4) is 0 Å². The van der Waals surface area contributed by atoms with Gasteiger partial charge < -0.3 is 11.1 Å². The molecule has 2 rings (SSSR count). The van der Waals surface area contributed by atoms with Crippen molar-refractivity contribution in [3.63, 3.8) is 0 Å². The lowest BCUT2D eigenvalue weighted by Gasteiger charge is -2.11. The Kier molecular flexibility index (Phi) is 4.11. The van der Waals surface area contributed by atoms with E-state index >= 15 is 0 Å². The minimum absolute atomic E-state index is 0.0803. The van der Waals surface area contributed by atoms with Gasteiger partial charge in [0.2, 0.25) is 11.9 Å². The molecule has 0 saturated carbocycles. The summed E-state index contributed by atoms with van der Waals surface area (Å²) in [4.78, 5) is 18.4. The zero-order chi connectivity index (χ0) is 15.5. The van der Waals surface area contributed by atoms with Gasteiger partial charge in [-0.25, -0.2) is 9.97 Å². The fourth-order valence-corrected chi connectivity index (χ4v) is 1.70. The second-order valence-corrected chi connectivity index (χ2v) is 4.62. The number of carbonyl (C=O) groups excluding carboxylic acids is 1. The molecule has 0 radical (unpaired) electrons. The number of nitrogens with zero attached hydrogens (tertiary/aromatic N) is 2. The van der Waals surface area contributed by atoms with Crippen molar-refractivity contribution in [1.29, 1.82) is 0 Å². The van der Waals surface area contributed by atoms with Crippen LogP contribution in [-0.2, 0) is 17.1 Å². The molecule has 0 aliphatic carbocycles. The molecule has 3 N–H and O–H groups in total. The van der Waals surface area contributed by atoms with Crippen LogP contribution in [0.4, 0.5) is 20.4 Å². The van der Waals surface area contributed by atoms with Gasteiger partial charge in [0.15, 0.2) is 0 Å². The number of anilines is 2. The molecule has 5 nitrogen and oxygen atoms in total. The van der Waals surface area contributed by atoms with E-state index in [4.69, 9.17) is 5.73 Å². The molecule has 1 amide bonds. The smallest absolute Gasteiger partial charge is 0.287 e. The first-order valence-corrected chi connectivity index (χ1v) is 6.20. The standard InChI is InChI=1S/C14H14F2N4O/c1-14(15,16)11-6-7-18-13(20-11)19-10-4-2-9(3-5-10)8-12(17)21/h2-7H,8H2,1H3,(H2,17,21)(H,18,19,20). The zero-order valence-corrected chi connectivity index (χ0v) is 11.3. The molecular formula is C14H14F2N4O. The second-order valence-electron chi connectivity index (χ2n) is 4.62. The van der Waals surface area contributed by atoms with Crippen molar-refractivity contribution in [2.75, 3.05) is 5.32 Å². The molecule has 1 aromatic carbocycles. The highest BCUT2D eigenvalue weighted by atomic mass is 19.3. The number of nitrogens with two attached hydrogens (primary N) is 1. The lowest BCUT2D eigenvalue weighted by atomic mass is 10.1. The number of hydrogen-bond donors (Lipinski definition) is 2. The Labute approximate surface area is 120 Å². The molecule has 110 valence electrons. The van der Waals surface area contributed by atoms with Crippen LogP contribution in [0.25, 0.3) is 0 Å². The zero-order valence-electron chi connectivity index (χ0n) is 11.3. The Hall–Kier alpha value is -2.57. The molecule has 1 aromatic heterocycles. The molecule has 1 heterocycles. The molecule has 0 spiro atoms. The average molecular weight is 292 g/mol. The van der Waals surface area contributed by atoms with Crippen molar-refractivity contribution in [2.45, 2.75) is 19.3 Å². The Morgan fingerprint density at radius 3 is 2.52 bits per heavy atom. The number of hydrogen-bond acceptors (Lipinski definition) is 4. The van der Waals surface area contributed by atoms with E-state index in [1.165, 1.54) is 12.3 Å². The summed E-state index contributed by atoms with van der Waals surface area (Å²) in [6, 6.07) is 7.98. The lowest BCUT2D eigenvalue weighted by Crippen LogP contribution is -2.13. The van der Waals surface area contributed by atoms with Gasteiger partial charge in [0.25, 0.3) is 5.92 Å². The van der Waals surface area contributed by atoms with Crippen LogP contribution >= 0.6 is 0 Å². The third-order valence-electron chi connectivity index (χ3n) is 2.69. The number of amides is 1. The van der Waals surface area contributed by atoms with E-state index in [0.29, 0.717) is 5.69 Å². The van der Waals surface area contributed by atoms with E-state index in [9.17, 15) is 13.6 Å². The van der Waals surface area contributed by atoms with Crippen LogP contribution in [0.5, 0.6) is 0 Å². The van der Waals surface area contributed by atoms with Gasteiger partial charge in [0.05, 0.1) is 6.42 Å². The first-order chi connectivity index (χ1) is 9.84. The second kappa shape index (κ2) is 5.82. The average Bonchev–Trinajstić information content (AvgIpc) is 2.40. The highest BCUT2D eigenvalue weighted by Gasteiger charge is 2.26. The third kappa shape index (κ3) is 4.20. The van der Waals surface area contributed by atoms with E-state index in [1.54, 1.807) is 24.3 Å². The van der Waals surface area contributed by atoms with E-state index in [0.717, 1.165) is 12.5 Å². The van der Waals surface area contributed by atoms with Crippen molar-refractivity contribution in [2.24, 2.45) is 5.73 Å². The number of alkyl halides is 2. The number of primary amides is 1. The third-order valence-corrected chi connectivity index (χ3v) is 2.69. The number of aromatic nitrogens is 2. The van der Waals surface area contributed by atoms with Gasteiger partial charge >= 0.3 is 0 Å². The molecule has 0 bridgehead atoms. The summed E-state index contributed by atoms with van der Waals surface area (Å²) >= 11 is 0. The predicted molar refractivity (Wildman–Crippen MR) is 74.2 cm³/mol. The van der Waals surface area contributed by atoms with Gasteiger partial charge in [-0.2, -0.15) is 8.78 Å². The number of halogens is 2. The van der Waals surface area contributed by atoms with Gasteiger partial charge in [-0.05, 0) is 23.8 Å². The number of rotatable bonds is 5. The lowest BCUT2D eigenvalue weighted by molar-refractivity contribution is -0.117. The SMILES string of the molecule is CC(F)(F)c1ccnc(Nc2ccc(CC(N)=O)cc2)n1. The Morgan fingerprint density at radius 1 is 1.29 bits per heavy atom. The molecular weight excluding hydrogens is 278 g/mol. The maximum absolute atomic E-state index is 13.2. The molecule has 0 fully saturated rings. The molecule has 0 atom stereocenters. The Balaban J connectivity index is 2.13. The van der Waals surface area contributed by atoms with Gasteiger partial charge in [0, 0.05) is 18.8 Å². The van der Waals surface area contributed by atoms with Gasteiger partial charge in [-0.1, -0.05) is 12.1 Å². The normalized spacial score (nSPS) is 11.2. The molecule has 0 saturated heterocycles. The van der Waals surface area contributed by atoms with Gasteiger partial charge in [-0.3, -0.25) is 4.79 Å². The summed E-state index contributed by atoms with van der Waals surface area (Å²) in [6.45, 7) is 0.776. The van der Waals surface area contributed by atoms with E-state index in [1.807, 2.05) is 0 Å². The quantitative estimate of drug-likeness (QED) is 0.886. The van der Waals surface area contributed by atoms with Crippen LogP contribution in [0.15, 0.2) is 36.5 Å². The summed E-state index contributed by atoms with van der Waals surface area (Å²) in [5.74, 6) is -3.36. The highest BCUT2D eigenvalue weighted by molar-refractivity contribution is 5.76. The number of benzene rings is 1. The number of carbonyl (C=O) groups is 1. The van der Waals surface area contributed by atoms with E-state index in [-0.39, 0.29) is 18.1 Å². The van der Waals surface area contributed by atoms with Crippen LogP contribution < -0.4 is 11.1 Å². The van der Waals surface area contributed by atoms with Crippen LogP contribution in [0.2, 0.25) is 0 Å². The molecule has 2 aromatic rings. The van der Waals surface area contributed by atoms with Crippen molar-refractivity contribution in [3.05, 3.63) is 47.8 Å². The first-order valence-electron chi connectivity index (χ1n) is 6.20.